The minimum absolute atomic E-state index is 0.594. The van der Waals surface area contributed by atoms with E-state index < -0.39 is 6.10 Å². The first-order valence-corrected chi connectivity index (χ1v) is 7.08. The molecule has 0 spiro atoms. The van der Waals surface area contributed by atoms with Crippen LogP contribution in [0, 0.1) is 6.92 Å². The van der Waals surface area contributed by atoms with Crippen molar-refractivity contribution >= 4 is 11.6 Å². The quantitative estimate of drug-likeness (QED) is 0.868. The van der Waals surface area contributed by atoms with Crippen molar-refractivity contribution in [1.82, 2.24) is 0 Å². The maximum absolute atomic E-state index is 10.5. The first kappa shape index (κ1) is 12.7. The van der Waals surface area contributed by atoms with Crippen molar-refractivity contribution in [1.29, 1.82) is 0 Å². The van der Waals surface area contributed by atoms with Crippen molar-refractivity contribution in [3.8, 4) is 0 Å². The smallest absolute Gasteiger partial charge is 0.104 e. The Morgan fingerprint density at radius 1 is 1.00 bits per heavy atom. The Labute approximate surface area is 118 Å². The van der Waals surface area contributed by atoms with Gasteiger partial charge in [-0.2, -0.15) is 0 Å². The van der Waals surface area contributed by atoms with Crippen LogP contribution in [0.2, 0.25) is 5.02 Å². The lowest BCUT2D eigenvalue weighted by atomic mass is 9.97. The van der Waals surface area contributed by atoms with Gasteiger partial charge in [0.2, 0.25) is 0 Å². The van der Waals surface area contributed by atoms with E-state index in [1.54, 1.807) is 0 Å². The van der Waals surface area contributed by atoms with Crippen LogP contribution in [-0.2, 0) is 12.8 Å². The summed E-state index contributed by atoms with van der Waals surface area (Å²) in [5.41, 5.74) is 5.71. The number of hydrogen-bond acceptors (Lipinski definition) is 1. The Hall–Kier alpha value is -1.31. The molecule has 0 heterocycles. The van der Waals surface area contributed by atoms with Gasteiger partial charge in [0.1, 0.15) is 6.10 Å². The highest BCUT2D eigenvalue weighted by atomic mass is 35.5. The summed E-state index contributed by atoms with van der Waals surface area (Å²) in [6.45, 7) is 1.99. The zero-order chi connectivity index (χ0) is 13.4. The van der Waals surface area contributed by atoms with Crippen LogP contribution in [0.15, 0.2) is 36.4 Å². The molecule has 1 N–H and O–H groups in total. The summed E-state index contributed by atoms with van der Waals surface area (Å²) < 4.78 is 0. The topological polar surface area (TPSA) is 20.2 Å². The van der Waals surface area contributed by atoms with Gasteiger partial charge in [0, 0.05) is 5.02 Å². The summed E-state index contributed by atoms with van der Waals surface area (Å²) in [6, 6.07) is 12.1. The first-order valence-electron chi connectivity index (χ1n) is 6.70. The van der Waals surface area contributed by atoms with E-state index in [4.69, 9.17) is 11.6 Å². The lowest BCUT2D eigenvalue weighted by Gasteiger charge is -2.14. The van der Waals surface area contributed by atoms with E-state index in [-0.39, 0.29) is 0 Å². The predicted octanol–water partition coefficient (Wildman–Crippen LogP) is 4.22. The molecule has 98 valence electrons. The largest absolute Gasteiger partial charge is 0.384 e. The molecule has 3 rings (SSSR count). The van der Waals surface area contributed by atoms with Gasteiger partial charge in [-0.25, -0.2) is 0 Å². The molecule has 0 bridgehead atoms. The summed E-state index contributed by atoms with van der Waals surface area (Å²) in [5, 5.41) is 11.2. The second-order valence-corrected chi connectivity index (χ2v) is 5.78. The molecule has 0 aromatic heterocycles. The number of fused-ring (bicyclic) bond motifs is 1. The third kappa shape index (κ3) is 2.54. The van der Waals surface area contributed by atoms with Crippen LogP contribution in [0.3, 0.4) is 0 Å². The van der Waals surface area contributed by atoms with E-state index in [9.17, 15) is 5.11 Å². The third-order valence-corrected chi connectivity index (χ3v) is 4.04. The zero-order valence-electron chi connectivity index (χ0n) is 11.0. The molecule has 0 aliphatic heterocycles. The molecule has 1 atom stereocenters. The minimum atomic E-state index is -0.594. The second kappa shape index (κ2) is 4.99. The highest BCUT2D eigenvalue weighted by molar-refractivity contribution is 6.30. The van der Waals surface area contributed by atoms with E-state index in [2.05, 4.69) is 12.1 Å². The van der Waals surface area contributed by atoms with Crippen LogP contribution >= 0.6 is 11.6 Å². The maximum atomic E-state index is 10.5. The standard InChI is InChI=1S/C17H17ClO/c1-11-7-15(10-16(18)8-11)17(19)14-6-5-12-3-2-4-13(12)9-14/h5-10,17,19H,2-4H2,1H3. The van der Waals surface area contributed by atoms with Gasteiger partial charge in [0.05, 0.1) is 0 Å². The second-order valence-electron chi connectivity index (χ2n) is 5.35. The highest BCUT2D eigenvalue weighted by Gasteiger charge is 2.16. The lowest BCUT2D eigenvalue weighted by Crippen LogP contribution is -2.01. The average molecular weight is 273 g/mol. The van der Waals surface area contributed by atoms with E-state index >= 15 is 0 Å². The van der Waals surface area contributed by atoms with Crippen LogP contribution in [0.5, 0.6) is 0 Å². The normalized spacial score (nSPS) is 15.3. The molecule has 0 fully saturated rings. The van der Waals surface area contributed by atoms with Crippen molar-refractivity contribution in [2.45, 2.75) is 32.3 Å². The van der Waals surface area contributed by atoms with Gasteiger partial charge in [-0.15, -0.1) is 0 Å². The van der Waals surface area contributed by atoms with Crippen LogP contribution in [0.1, 0.15) is 40.3 Å². The third-order valence-electron chi connectivity index (χ3n) is 3.82. The minimum Gasteiger partial charge on any atom is -0.384 e. The number of rotatable bonds is 2. The van der Waals surface area contributed by atoms with Gasteiger partial charge in [0.15, 0.2) is 0 Å². The molecule has 0 saturated heterocycles. The van der Waals surface area contributed by atoms with Crippen LogP contribution < -0.4 is 0 Å². The Morgan fingerprint density at radius 3 is 2.58 bits per heavy atom. The first-order chi connectivity index (χ1) is 9.13. The number of aliphatic hydroxyl groups excluding tert-OH is 1. The summed E-state index contributed by atoms with van der Waals surface area (Å²) in [4.78, 5) is 0. The van der Waals surface area contributed by atoms with Gasteiger partial charge in [0.25, 0.3) is 0 Å². The summed E-state index contributed by atoms with van der Waals surface area (Å²) in [7, 11) is 0. The Kier molecular flexibility index (Phi) is 3.34. The van der Waals surface area contributed by atoms with Gasteiger partial charge in [-0.05, 0) is 66.1 Å². The Bertz CT molecular complexity index is 598. The average Bonchev–Trinajstić information content (AvgIpc) is 2.83. The number of aliphatic hydroxyl groups is 1. The van der Waals surface area contributed by atoms with E-state index in [1.807, 2.05) is 31.2 Å². The van der Waals surface area contributed by atoms with Gasteiger partial charge >= 0.3 is 0 Å². The summed E-state index contributed by atoms with van der Waals surface area (Å²) >= 11 is 6.06. The molecular weight excluding hydrogens is 256 g/mol. The predicted molar refractivity (Wildman–Crippen MR) is 78.7 cm³/mol. The summed E-state index contributed by atoms with van der Waals surface area (Å²) in [6.07, 6.45) is 2.93. The number of hydrogen-bond donors (Lipinski definition) is 1. The highest BCUT2D eigenvalue weighted by Crippen LogP contribution is 2.29. The fourth-order valence-electron chi connectivity index (χ4n) is 2.88. The Morgan fingerprint density at radius 2 is 1.79 bits per heavy atom. The zero-order valence-corrected chi connectivity index (χ0v) is 11.7. The van der Waals surface area contributed by atoms with Crippen LogP contribution in [-0.4, -0.2) is 5.11 Å². The van der Waals surface area contributed by atoms with Crippen molar-refractivity contribution in [2.24, 2.45) is 0 Å². The number of benzene rings is 2. The lowest BCUT2D eigenvalue weighted by molar-refractivity contribution is 0.220. The summed E-state index contributed by atoms with van der Waals surface area (Å²) in [5.74, 6) is 0. The Balaban J connectivity index is 1.97. The van der Waals surface area contributed by atoms with Gasteiger partial charge in [-0.3, -0.25) is 0 Å². The van der Waals surface area contributed by atoms with Crippen molar-refractivity contribution in [3.05, 3.63) is 69.2 Å². The SMILES string of the molecule is Cc1cc(Cl)cc(C(O)c2ccc3c(c2)CCC3)c1. The van der Waals surface area contributed by atoms with E-state index in [1.165, 1.54) is 24.0 Å². The monoisotopic (exact) mass is 272 g/mol. The molecule has 1 aliphatic carbocycles. The van der Waals surface area contributed by atoms with Gasteiger partial charge < -0.3 is 5.11 Å². The fraction of sp³-hybridized carbons (Fsp3) is 0.294. The van der Waals surface area contributed by atoms with Crippen molar-refractivity contribution in [2.75, 3.05) is 0 Å². The molecule has 0 amide bonds. The molecule has 1 aliphatic rings. The van der Waals surface area contributed by atoms with Crippen molar-refractivity contribution in [3.63, 3.8) is 0 Å². The molecule has 1 nitrogen and oxygen atoms in total. The number of aryl methyl sites for hydroxylation is 3. The molecule has 1 unspecified atom stereocenters. The molecule has 19 heavy (non-hydrogen) atoms. The van der Waals surface area contributed by atoms with E-state index in [0.717, 1.165) is 23.1 Å². The molecule has 2 aromatic rings. The maximum Gasteiger partial charge on any atom is 0.104 e. The molecule has 0 saturated carbocycles. The van der Waals surface area contributed by atoms with Gasteiger partial charge in [-0.1, -0.05) is 35.9 Å². The molecule has 2 aromatic carbocycles. The van der Waals surface area contributed by atoms with Crippen LogP contribution in [0.4, 0.5) is 0 Å². The molecule has 2 heteroatoms. The molecular formula is C17H17ClO. The fourth-order valence-corrected chi connectivity index (χ4v) is 3.17. The number of halogens is 1. The molecule has 0 radical (unpaired) electrons. The van der Waals surface area contributed by atoms with Crippen LogP contribution in [0.25, 0.3) is 0 Å². The van der Waals surface area contributed by atoms with E-state index in [0.29, 0.717) is 5.02 Å². The van der Waals surface area contributed by atoms with Crippen molar-refractivity contribution < 1.29 is 5.11 Å².